The number of rotatable bonds is 8. The molecule has 0 aromatic heterocycles. The van der Waals surface area contributed by atoms with Gasteiger partial charge in [-0.25, -0.2) is 0 Å². The Morgan fingerprint density at radius 3 is 2.88 bits per heavy atom. The minimum absolute atomic E-state index is 0.0609. The summed E-state index contributed by atoms with van der Waals surface area (Å²) in [6.07, 6.45) is 5.00. The molecule has 0 bridgehead atoms. The molecule has 4 heteroatoms. The lowest BCUT2D eigenvalue weighted by molar-refractivity contribution is -0.117. The van der Waals surface area contributed by atoms with Crippen LogP contribution < -0.4 is 5.32 Å². The summed E-state index contributed by atoms with van der Waals surface area (Å²) < 4.78 is 5.65. The number of carbonyl (C=O) groups excluding carboxylic acids is 1. The molecule has 0 spiro atoms. The van der Waals surface area contributed by atoms with E-state index < -0.39 is 0 Å². The second-order valence-corrected chi connectivity index (χ2v) is 7.26. The Kier molecular flexibility index (Phi) is 7.25. The number of carbonyl (C=O) groups is 1. The first-order chi connectivity index (χ1) is 11.5. The maximum Gasteiger partial charge on any atom is 0.238 e. The van der Waals surface area contributed by atoms with Crippen molar-refractivity contribution in [2.45, 2.75) is 58.5 Å². The number of aryl methyl sites for hydroxylation is 1. The summed E-state index contributed by atoms with van der Waals surface area (Å²) in [5, 5.41) is 3.12. The van der Waals surface area contributed by atoms with Crippen molar-refractivity contribution >= 4 is 11.6 Å². The van der Waals surface area contributed by atoms with E-state index in [9.17, 15) is 4.79 Å². The van der Waals surface area contributed by atoms with Gasteiger partial charge in [-0.05, 0) is 63.2 Å². The number of nitrogens with one attached hydrogen (secondary N) is 1. The van der Waals surface area contributed by atoms with Gasteiger partial charge >= 0.3 is 0 Å². The van der Waals surface area contributed by atoms with E-state index in [-0.39, 0.29) is 5.91 Å². The van der Waals surface area contributed by atoms with Crippen molar-refractivity contribution in [1.82, 2.24) is 4.90 Å². The van der Waals surface area contributed by atoms with Crippen molar-refractivity contribution in [2.24, 2.45) is 0 Å². The van der Waals surface area contributed by atoms with Crippen molar-refractivity contribution < 1.29 is 9.53 Å². The van der Waals surface area contributed by atoms with E-state index in [0.29, 0.717) is 18.6 Å². The molecule has 2 rings (SSSR count). The number of benzene rings is 1. The number of hydrogen-bond donors (Lipinski definition) is 1. The maximum atomic E-state index is 12.4. The second kappa shape index (κ2) is 9.19. The molecule has 0 aliphatic carbocycles. The minimum Gasteiger partial charge on any atom is -0.378 e. The second-order valence-electron chi connectivity index (χ2n) is 7.26. The van der Waals surface area contributed by atoms with Crippen LogP contribution in [0.5, 0.6) is 0 Å². The van der Waals surface area contributed by atoms with Crippen LogP contribution in [-0.4, -0.2) is 43.7 Å². The molecule has 24 heavy (non-hydrogen) atoms. The van der Waals surface area contributed by atoms with Gasteiger partial charge < -0.3 is 10.1 Å². The van der Waals surface area contributed by atoms with E-state index in [4.69, 9.17) is 4.74 Å². The zero-order valence-electron chi connectivity index (χ0n) is 15.6. The van der Waals surface area contributed by atoms with Gasteiger partial charge in [-0.2, -0.15) is 0 Å². The normalized spacial score (nSPS) is 17.7. The maximum absolute atomic E-state index is 12.4. The van der Waals surface area contributed by atoms with Crippen LogP contribution in [0, 0.1) is 6.92 Å². The molecule has 0 saturated carbocycles. The Hall–Kier alpha value is -1.39. The van der Waals surface area contributed by atoms with Crippen molar-refractivity contribution in [1.29, 1.82) is 0 Å². The molecule has 1 aliphatic heterocycles. The molecule has 1 saturated heterocycles. The van der Waals surface area contributed by atoms with Crippen LogP contribution in [0.3, 0.4) is 0 Å². The van der Waals surface area contributed by atoms with Gasteiger partial charge in [-0.15, -0.1) is 0 Å². The number of amides is 1. The van der Waals surface area contributed by atoms with Crippen LogP contribution in [-0.2, 0) is 9.53 Å². The predicted molar refractivity (Wildman–Crippen MR) is 99.6 cm³/mol. The zero-order valence-corrected chi connectivity index (χ0v) is 15.6. The Bertz CT molecular complexity index is 536. The summed E-state index contributed by atoms with van der Waals surface area (Å²) in [5.41, 5.74) is 3.30. The Morgan fingerprint density at radius 2 is 2.21 bits per heavy atom. The molecule has 1 atom stereocenters. The van der Waals surface area contributed by atoms with Gasteiger partial charge in [0.1, 0.15) is 0 Å². The summed E-state index contributed by atoms with van der Waals surface area (Å²) in [6, 6.07) is 6.20. The van der Waals surface area contributed by atoms with Gasteiger partial charge in [-0.1, -0.05) is 32.0 Å². The number of nitrogens with zero attached hydrogens (tertiary/aromatic N) is 1. The molecule has 1 fully saturated rings. The molecule has 1 aliphatic rings. The van der Waals surface area contributed by atoms with E-state index in [1.807, 2.05) is 20.0 Å². The van der Waals surface area contributed by atoms with Crippen LogP contribution in [0.2, 0.25) is 0 Å². The molecular formula is C20H32N2O2. The Balaban J connectivity index is 1.80. The van der Waals surface area contributed by atoms with Crippen molar-refractivity contribution in [3.8, 4) is 0 Å². The third kappa shape index (κ3) is 5.60. The largest absolute Gasteiger partial charge is 0.378 e. The van der Waals surface area contributed by atoms with E-state index in [0.717, 1.165) is 37.2 Å². The summed E-state index contributed by atoms with van der Waals surface area (Å²) in [5.74, 6) is 0.454. The Morgan fingerprint density at radius 1 is 1.42 bits per heavy atom. The highest BCUT2D eigenvalue weighted by atomic mass is 16.5. The topological polar surface area (TPSA) is 41.6 Å². The zero-order chi connectivity index (χ0) is 17.5. The molecular weight excluding hydrogens is 300 g/mol. The quantitative estimate of drug-likeness (QED) is 0.784. The van der Waals surface area contributed by atoms with E-state index in [2.05, 4.69) is 36.2 Å². The predicted octanol–water partition coefficient (Wildman–Crippen LogP) is 3.95. The molecule has 1 N–H and O–H groups in total. The third-order valence-corrected chi connectivity index (χ3v) is 4.69. The number of ether oxygens (including phenoxy) is 1. The molecule has 1 aromatic rings. The summed E-state index contributed by atoms with van der Waals surface area (Å²) in [7, 11) is 2.01. The average Bonchev–Trinajstić information content (AvgIpc) is 3.02. The standard InChI is InChI=1S/C20H32N2O2/c1-15(2)18-11-5-8-16(3)20(18)21-19(23)14-22(4)12-6-9-17-10-7-13-24-17/h5,8,11,15,17H,6-7,9-10,12-14H2,1-4H3,(H,21,23). The monoisotopic (exact) mass is 332 g/mol. The molecule has 134 valence electrons. The molecule has 0 radical (unpaired) electrons. The summed E-state index contributed by atoms with van der Waals surface area (Å²) >= 11 is 0. The molecule has 1 unspecified atom stereocenters. The molecule has 1 amide bonds. The Labute approximate surface area is 146 Å². The highest BCUT2D eigenvalue weighted by molar-refractivity contribution is 5.93. The number of hydrogen-bond acceptors (Lipinski definition) is 3. The van der Waals surface area contributed by atoms with Gasteiger partial charge in [0.2, 0.25) is 5.91 Å². The number of likely N-dealkylation sites (N-methyl/N-ethyl adjacent to an activating group) is 1. The number of anilines is 1. The van der Waals surface area contributed by atoms with Gasteiger partial charge in [-0.3, -0.25) is 9.69 Å². The van der Waals surface area contributed by atoms with Crippen molar-refractivity contribution in [2.75, 3.05) is 32.1 Å². The highest BCUT2D eigenvalue weighted by Gasteiger charge is 2.16. The van der Waals surface area contributed by atoms with E-state index >= 15 is 0 Å². The fourth-order valence-corrected chi connectivity index (χ4v) is 3.31. The smallest absolute Gasteiger partial charge is 0.238 e. The van der Waals surface area contributed by atoms with Crippen molar-refractivity contribution in [3.63, 3.8) is 0 Å². The average molecular weight is 332 g/mol. The minimum atomic E-state index is 0.0609. The lowest BCUT2D eigenvalue weighted by Crippen LogP contribution is -2.31. The van der Waals surface area contributed by atoms with Crippen molar-refractivity contribution in [3.05, 3.63) is 29.3 Å². The lowest BCUT2D eigenvalue weighted by Gasteiger charge is -2.20. The van der Waals surface area contributed by atoms with Gasteiger partial charge in [0.15, 0.2) is 0 Å². The van der Waals surface area contributed by atoms with Gasteiger partial charge in [0, 0.05) is 12.3 Å². The number of para-hydroxylation sites is 1. The molecule has 1 aromatic carbocycles. The fraction of sp³-hybridized carbons (Fsp3) is 0.650. The van der Waals surface area contributed by atoms with Crippen LogP contribution >= 0.6 is 0 Å². The first kappa shape index (κ1) is 18.9. The lowest BCUT2D eigenvalue weighted by atomic mass is 9.98. The van der Waals surface area contributed by atoms with E-state index in [1.54, 1.807) is 0 Å². The van der Waals surface area contributed by atoms with E-state index in [1.165, 1.54) is 18.4 Å². The summed E-state index contributed by atoms with van der Waals surface area (Å²) in [4.78, 5) is 14.5. The first-order valence-electron chi connectivity index (χ1n) is 9.17. The van der Waals surface area contributed by atoms with Crippen LogP contribution in [0.4, 0.5) is 5.69 Å². The molecule has 4 nitrogen and oxygen atoms in total. The van der Waals surface area contributed by atoms with Gasteiger partial charge in [0.25, 0.3) is 0 Å². The highest BCUT2D eigenvalue weighted by Crippen LogP contribution is 2.27. The van der Waals surface area contributed by atoms with Crippen LogP contribution in [0.1, 0.15) is 56.6 Å². The molecule has 1 heterocycles. The summed E-state index contributed by atoms with van der Waals surface area (Å²) in [6.45, 7) is 8.63. The first-order valence-corrected chi connectivity index (χ1v) is 9.17. The van der Waals surface area contributed by atoms with Gasteiger partial charge in [0.05, 0.1) is 12.6 Å². The third-order valence-electron chi connectivity index (χ3n) is 4.69. The van der Waals surface area contributed by atoms with Crippen LogP contribution in [0.15, 0.2) is 18.2 Å². The SMILES string of the molecule is Cc1cccc(C(C)C)c1NC(=O)CN(C)CCCC1CCCO1. The van der Waals surface area contributed by atoms with Crippen LogP contribution in [0.25, 0.3) is 0 Å². The fourth-order valence-electron chi connectivity index (χ4n) is 3.31.